The second kappa shape index (κ2) is 6.50. The number of aryl methyl sites for hydroxylation is 2. The summed E-state index contributed by atoms with van der Waals surface area (Å²) in [6.07, 6.45) is 2.88. The van der Waals surface area contributed by atoms with Gasteiger partial charge in [0.05, 0.1) is 17.2 Å². The van der Waals surface area contributed by atoms with Gasteiger partial charge in [0.25, 0.3) is 5.91 Å². The van der Waals surface area contributed by atoms with Gasteiger partial charge in [-0.1, -0.05) is 42.5 Å². The first kappa shape index (κ1) is 15.7. The van der Waals surface area contributed by atoms with Crippen molar-refractivity contribution in [2.24, 2.45) is 5.10 Å². The Morgan fingerprint density at radius 1 is 1.25 bits per heavy atom. The number of aromatic amines is 1. The molecule has 2 aromatic carbocycles. The van der Waals surface area contributed by atoms with Gasteiger partial charge in [0.1, 0.15) is 0 Å². The Kier molecular flexibility index (Phi) is 4.24. The molecule has 0 saturated carbocycles. The third-order valence-corrected chi connectivity index (χ3v) is 3.71. The van der Waals surface area contributed by atoms with Crippen LogP contribution < -0.4 is 5.01 Å². The number of rotatable bonds is 4. The van der Waals surface area contributed by atoms with Crippen molar-refractivity contribution in [3.05, 3.63) is 71.8 Å². The summed E-state index contributed by atoms with van der Waals surface area (Å²) in [5, 5.41) is 5.54. The number of carbonyl (C=O) groups excluding carboxylic acids is 1. The lowest BCUT2D eigenvalue weighted by molar-refractivity contribution is -0.114. The molecule has 1 heterocycles. The number of amides is 1. The van der Waals surface area contributed by atoms with Crippen LogP contribution in [-0.4, -0.2) is 22.1 Å². The first-order valence-electron chi connectivity index (χ1n) is 7.61. The van der Waals surface area contributed by atoms with Gasteiger partial charge < -0.3 is 4.98 Å². The Morgan fingerprint density at radius 3 is 2.79 bits per heavy atom. The highest BCUT2D eigenvalue weighted by Crippen LogP contribution is 2.18. The fourth-order valence-corrected chi connectivity index (χ4v) is 2.36. The van der Waals surface area contributed by atoms with Crippen LogP contribution in [0.4, 0.5) is 5.95 Å². The number of nitrogens with zero attached hydrogens (tertiary/aromatic N) is 3. The topological polar surface area (TPSA) is 61.4 Å². The molecular weight excluding hydrogens is 300 g/mol. The van der Waals surface area contributed by atoms with Crippen LogP contribution in [0.25, 0.3) is 11.0 Å². The van der Waals surface area contributed by atoms with Crippen LogP contribution in [-0.2, 0) is 4.79 Å². The zero-order chi connectivity index (χ0) is 17.1. The molecule has 5 heteroatoms. The van der Waals surface area contributed by atoms with Crippen molar-refractivity contribution in [2.75, 3.05) is 5.01 Å². The molecule has 1 amide bonds. The zero-order valence-electron chi connectivity index (χ0n) is 13.7. The molecule has 0 aliphatic heterocycles. The highest BCUT2D eigenvalue weighted by molar-refractivity contribution is 6.01. The van der Waals surface area contributed by atoms with E-state index in [4.69, 9.17) is 0 Å². The summed E-state index contributed by atoms with van der Waals surface area (Å²) in [6, 6.07) is 13.7. The lowest BCUT2D eigenvalue weighted by Gasteiger charge is -2.11. The molecule has 0 bridgehead atoms. The number of aromatic nitrogens is 2. The second-order valence-electron chi connectivity index (χ2n) is 5.54. The number of carbonyl (C=O) groups is 1. The molecule has 0 radical (unpaired) electrons. The maximum atomic E-state index is 12.2. The van der Waals surface area contributed by atoms with E-state index < -0.39 is 0 Å². The van der Waals surface area contributed by atoms with Gasteiger partial charge in [-0.05, 0) is 43.2 Å². The third kappa shape index (κ3) is 3.10. The van der Waals surface area contributed by atoms with E-state index in [1.807, 2.05) is 56.3 Å². The normalized spacial score (nSPS) is 11.1. The standard InChI is InChI=1S/C19H18N4O/c1-4-18(24)23(19-21-16-7-5-6-8-17(16)22-19)20-12-15-11-13(2)9-10-14(15)3/h4-12H,1H2,2-3H3,(H,21,22)/b20-12+. The van der Waals surface area contributed by atoms with Crippen molar-refractivity contribution in [3.8, 4) is 0 Å². The van der Waals surface area contributed by atoms with E-state index in [1.165, 1.54) is 11.1 Å². The van der Waals surface area contributed by atoms with Gasteiger partial charge in [-0.3, -0.25) is 4.79 Å². The molecule has 0 atom stereocenters. The first-order chi connectivity index (χ1) is 11.6. The molecule has 0 saturated heterocycles. The third-order valence-electron chi connectivity index (χ3n) is 3.71. The molecule has 5 nitrogen and oxygen atoms in total. The van der Waals surface area contributed by atoms with Crippen molar-refractivity contribution < 1.29 is 4.79 Å². The summed E-state index contributed by atoms with van der Waals surface area (Å²) in [4.78, 5) is 19.7. The summed E-state index contributed by atoms with van der Waals surface area (Å²) in [6.45, 7) is 7.56. The highest BCUT2D eigenvalue weighted by Gasteiger charge is 2.16. The molecule has 0 fully saturated rings. The second-order valence-corrected chi connectivity index (χ2v) is 5.54. The number of fused-ring (bicyclic) bond motifs is 1. The average molecular weight is 318 g/mol. The Hall–Kier alpha value is -3.21. The Bertz CT molecular complexity index is 906. The van der Waals surface area contributed by atoms with Crippen LogP contribution >= 0.6 is 0 Å². The maximum absolute atomic E-state index is 12.2. The summed E-state index contributed by atoms with van der Waals surface area (Å²) in [5.74, 6) is 0.0123. The molecule has 1 aromatic heterocycles. The number of anilines is 1. The number of imidazole rings is 1. The number of benzene rings is 2. The van der Waals surface area contributed by atoms with Crippen molar-refractivity contribution in [1.29, 1.82) is 0 Å². The number of hydrogen-bond donors (Lipinski definition) is 1. The minimum absolute atomic E-state index is 0.351. The quantitative estimate of drug-likeness (QED) is 0.452. The van der Waals surface area contributed by atoms with Crippen LogP contribution in [0.1, 0.15) is 16.7 Å². The maximum Gasteiger partial charge on any atom is 0.273 e. The SMILES string of the molecule is C=CC(=O)N(/N=C/c1cc(C)ccc1C)c1nc2ccccc2[nH]1. The minimum atomic E-state index is -0.351. The number of para-hydroxylation sites is 2. The van der Waals surface area contributed by atoms with Crippen LogP contribution in [0.5, 0.6) is 0 Å². The summed E-state index contributed by atoms with van der Waals surface area (Å²) >= 11 is 0. The first-order valence-corrected chi connectivity index (χ1v) is 7.61. The molecule has 0 spiro atoms. The molecule has 120 valence electrons. The van der Waals surface area contributed by atoms with E-state index in [-0.39, 0.29) is 5.91 Å². The smallest absolute Gasteiger partial charge is 0.273 e. The van der Waals surface area contributed by atoms with Gasteiger partial charge in [0.2, 0.25) is 5.95 Å². The number of H-pyrrole nitrogens is 1. The van der Waals surface area contributed by atoms with Crippen molar-refractivity contribution >= 4 is 29.1 Å². The predicted molar refractivity (Wildman–Crippen MR) is 97.3 cm³/mol. The molecule has 0 unspecified atom stereocenters. The molecule has 24 heavy (non-hydrogen) atoms. The largest absolute Gasteiger partial charge is 0.322 e. The van der Waals surface area contributed by atoms with E-state index in [9.17, 15) is 4.79 Å². The lowest BCUT2D eigenvalue weighted by atomic mass is 10.1. The summed E-state index contributed by atoms with van der Waals surface area (Å²) in [5.41, 5.74) is 4.79. The average Bonchev–Trinajstić information content (AvgIpc) is 3.01. The van der Waals surface area contributed by atoms with E-state index in [2.05, 4.69) is 21.6 Å². The van der Waals surface area contributed by atoms with Crippen LogP contribution in [0.15, 0.2) is 60.2 Å². The molecule has 0 aliphatic rings. The monoisotopic (exact) mass is 318 g/mol. The van der Waals surface area contributed by atoms with Crippen LogP contribution in [0.3, 0.4) is 0 Å². The summed E-state index contributed by atoms with van der Waals surface area (Å²) < 4.78 is 0. The number of nitrogens with one attached hydrogen (secondary N) is 1. The highest BCUT2D eigenvalue weighted by atomic mass is 16.2. The van der Waals surface area contributed by atoms with Crippen LogP contribution in [0, 0.1) is 13.8 Å². The fourth-order valence-electron chi connectivity index (χ4n) is 2.36. The molecule has 3 rings (SSSR count). The number of hydrogen-bond acceptors (Lipinski definition) is 3. The fraction of sp³-hybridized carbons (Fsp3) is 0.105. The summed E-state index contributed by atoms with van der Waals surface area (Å²) in [7, 11) is 0. The molecule has 0 aliphatic carbocycles. The number of hydrazone groups is 1. The van der Waals surface area contributed by atoms with Gasteiger partial charge in [-0.15, -0.1) is 0 Å². The lowest BCUT2D eigenvalue weighted by Crippen LogP contribution is -2.24. The van der Waals surface area contributed by atoms with Crippen LogP contribution in [0.2, 0.25) is 0 Å². The van der Waals surface area contributed by atoms with Gasteiger partial charge >= 0.3 is 0 Å². The van der Waals surface area contributed by atoms with Gasteiger partial charge in [-0.25, -0.2) is 4.98 Å². The molecule has 3 aromatic rings. The van der Waals surface area contributed by atoms with E-state index in [0.29, 0.717) is 5.95 Å². The molecular formula is C19H18N4O. The van der Waals surface area contributed by atoms with Crippen molar-refractivity contribution in [1.82, 2.24) is 9.97 Å². The van der Waals surface area contributed by atoms with E-state index in [1.54, 1.807) is 6.21 Å². The Labute approximate surface area is 140 Å². The van der Waals surface area contributed by atoms with E-state index in [0.717, 1.165) is 27.7 Å². The van der Waals surface area contributed by atoms with E-state index >= 15 is 0 Å². The molecule has 1 N–H and O–H groups in total. The van der Waals surface area contributed by atoms with Gasteiger partial charge in [0, 0.05) is 0 Å². The van der Waals surface area contributed by atoms with Gasteiger partial charge in [-0.2, -0.15) is 10.1 Å². The predicted octanol–water partition coefficient (Wildman–Crippen LogP) is 3.73. The Balaban J connectivity index is 2.00. The van der Waals surface area contributed by atoms with Crippen molar-refractivity contribution in [3.63, 3.8) is 0 Å². The van der Waals surface area contributed by atoms with Crippen molar-refractivity contribution in [2.45, 2.75) is 13.8 Å². The Morgan fingerprint density at radius 2 is 2.04 bits per heavy atom. The minimum Gasteiger partial charge on any atom is -0.322 e. The van der Waals surface area contributed by atoms with Gasteiger partial charge in [0.15, 0.2) is 0 Å². The zero-order valence-corrected chi connectivity index (χ0v) is 13.7.